The maximum absolute atomic E-state index is 13.4. The average Bonchev–Trinajstić information content (AvgIpc) is 3.36. The van der Waals surface area contributed by atoms with E-state index in [9.17, 15) is 35.9 Å². The maximum atomic E-state index is 13.4. The van der Waals surface area contributed by atoms with Gasteiger partial charge in [0.05, 0.1) is 22.2 Å². The molecule has 5 rings (SSSR count). The zero-order valence-electron chi connectivity index (χ0n) is 19.9. The third kappa shape index (κ3) is 5.13. The molecule has 1 aliphatic rings. The fourth-order valence-electron chi connectivity index (χ4n) is 4.36. The topological polar surface area (TPSA) is 127 Å². The van der Waals surface area contributed by atoms with E-state index in [4.69, 9.17) is 0 Å². The number of hydrogen-bond acceptors (Lipinski definition) is 6. The van der Waals surface area contributed by atoms with Crippen LogP contribution in [-0.4, -0.2) is 46.3 Å². The standard InChI is InChI=1S/C23H18F6N8O2/c1-10(19-30-3-4-36(19)34-11(2)14-7-32-21(39)33-20(14)38)12-5-13(12)16-6-17-15(8-31-16)18(23(27,28)29)35-37(17)9-22(24,25)26/h3-4,6-8,12-13H,1,5,9H2,2H3,(H2,32,33,38,39)/b34-11+/t12-,13+/m1/s1. The van der Waals surface area contributed by atoms with Gasteiger partial charge in [0.2, 0.25) is 0 Å². The van der Waals surface area contributed by atoms with Gasteiger partial charge in [0, 0.05) is 36.4 Å². The van der Waals surface area contributed by atoms with Crippen LogP contribution in [0.25, 0.3) is 16.5 Å². The van der Waals surface area contributed by atoms with Gasteiger partial charge in [-0.1, -0.05) is 6.58 Å². The minimum absolute atomic E-state index is 0.121. The molecule has 4 aromatic heterocycles. The monoisotopic (exact) mass is 552 g/mol. The number of halogens is 6. The maximum Gasteiger partial charge on any atom is 0.435 e. The Morgan fingerprint density at radius 2 is 1.95 bits per heavy atom. The number of hydrogen-bond donors (Lipinski definition) is 2. The Hall–Kier alpha value is -4.50. The van der Waals surface area contributed by atoms with Gasteiger partial charge in [-0.3, -0.25) is 19.4 Å². The number of allylic oxidation sites excluding steroid dienone is 1. The third-order valence-corrected chi connectivity index (χ3v) is 6.25. The summed E-state index contributed by atoms with van der Waals surface area (Å²) in [5, 5.41) is 7.00. The van der Waals surface area contributed by atoms with Crippen LogP contribution in [-0.2, 0) is 12.7 Å². The van der Waals surface area contributed by atoms with Gasteiger partial charge in [-0.05, 0) is 30.9 Å². The van der Waals surface area contributed by atoms with Crippen LogP contribution in [0.15, 0.2) is 52.1 Å². The Kier molecular flexibility index (Phi) is 6.07. The lowest BCUT2D eigenvalue weighted by atomic mass is 10.1. The Labute approximate surface area is 213 Å². The molecule has 0 unspecified atom stereocenters. The van der Waals surface area contributed by atoms with E-state index in [1.807, 2.05) is 0 Å². The Bertz CT molecular complexity index is 1740. The summed E-state index contributed by atoms with van der Waals surface area (Å²) in [5.41, 5.74) is -1.88. The van der Waals surface area contributed by atoms with Gasteiger partial charge >= 0.3 is 18.0 Å². The molecule has 4 heterocycles. The van der Waals surface area contributed by atoms with Gasteiger partial charge in [0.1, 0.15) is 6.54 Å². The molecule has 1 saturated carbocycles. The number of alkyl halides is 6. The quantitative estimate of drug-likeness (QED) is 0.279. The van der Waals surface area contributed by atoms with Crippen LogP contribution in [0, 0.1) is 5.92 Å². The molecule has 0 aliphatic heterocycles. The van der Waals surface area contributed by atoms with Crippen molar-refractivity contribution >= 4 is 22.2 Å². The molecule has 0 saturated heterocycles. The van der Waals surface area contributed by atoms with Crippen LogP contribution in [0.3, 0.4) is 0 Å². The van der Waals surface area contributed by atoms with E-state index >= 15 is 0 Å². The first kappa shape index (κ1) is 26.1. The fourth-order valence-corrected chi connectivity index (χ4v) is 4.36. The van der Waals surface area contributed by atoms with Gasteiger partial charge in [0.15, 0.2) is 11.5 Å². The number of H-pyrrole nitrogens is 2. The molecular formula is C23H18F6N8O2. The van der Waals surface area contributed by atoms with E-state index in [-0.39, 0.29) is 33.3 Å². The zero-order valence-corrected chi connectivity index (χ0v) is 19.9. The molecular weight excluding hydrogens is 534 g/mol. The molecule has 39 heavy (non-hydrogen) atoms. The van der Waals surface area contributed by atoms with Crippen LogP contribution in [0.2, 0.25) is 0 Å². The summed E-state index contributed by atoms with van der Waals surface area (Å²) in [6, 6.07) is 1.19. The van der Waals surface area contributed by atoms with Crippen molar-refractivity contribution in [2.75, 3.05) is 0 Å². The summed E-state index contributed by atoms with van der Waals surface area (Å²) in [4.78, 5) is 36.1. The van der Waals surface area contributed by atoms with Crippen LogP contribution < -0.4 is 11.2 Å². The first-order valence-electron chi connectivity index (χ1n) is 11.3. The van der Waals surface area contributed by atoms with E-state index in [1.54, 1.807) is 6.92 Å². The van der Waals surface area contributed by atoms with E-state index in [1.165, 1.54) is 29.3 Å². The molecule has 0 bridgehead atoms. The number of fused-ring (bicyclic) bond motifs is 1. The number of rotatable bonds is 6. The Morgan fingerprint density at radius 3 is 2.62 bits per heavy atom. The minimum atomic E-state index is -4.95. The molecule has 10 nitrogen and oxygen atoms in total. The second kappa shape index (κ2) is 9.06. The number of nitrogens with zero attached hydrogens (tertiary/aromatic N) is 6. The van der Waals surface area contributed by atoms with E-state index in [0.29, 0.717) is 23.5 Å². The Balaban J connectivity index is 1.43. The summed E-state index contributed by atoms with van der Waals surface area (Å²) in [5.74, 6) is -0.253. The van der Waals surface area contributed by atoms with E-state index in [0.717, 1.165) is 6.20 Å². The fraction of sp³-hybridized carbons (Fsp3) is 0.304. The lowest BCUT2D eigenvalue weighted by Crippen LogP contribution is -2.26. The summed E-state index contributed by atoms with van der Waals surface area (Å²) in [6.07, 6.45) is -4.18. The number of aromatic amines is 2. The highest BCUT2D eigenvalue weighted by atomic mass is 19.4. The molecule has 0 aromatic carbocycles. The number of nitrogens with one attached hydrogen (secondary N) is 2. The lowest BCUT2D eigenvalue weighted by Gasteiger charge is -2.09. The highest BCUT2D eigenvalue weighted by molar-refractivity contribution is 5.98. The molecule has 1 fully saturated rings. The van der Waals surface area contributed by atoms with Gasteiger partial charge in [0.25, 0.3) is 5.56 Å². The molecule has 2 N–H and O–H groups in total. The lowest BCUT2D eigenvalue weighted by molar-refractivity contribution is -0.148. The SMILES string of the molecule is C=C(c1nccn1/N=C(\C)c1c[nH]c(=O)[nH]c1=O)[C@H]1C[C@@H]1c1cc2c(cn1)c(C(F)(F)F)nn2CC(F)(F)F. The van der Waals surface area contributed by atoms with Crippen molar-refractivity contribution in [3.8, 4) is 0 Å². The second-order valence-electron chi connectivity index (χ2n) is 8.99. The molecule has 1 aliphatic carbocycles. The molecule has 0 radical (unpaired) electrons. The largest absolute Gasteiger partial charge is 0.435 e. The van der Waals surface area contributed by atoms with Crippen molar-refractivity contribution in [3.63, 3.8) is 0 Å². The first-order chi connectivity index (χ1) is 18.2. The number of imidazole rings is 1. The summed E-state index contributed by atoms with van der Waals surface area (Å²) >= 11 is 0. The van der Waals surface area contributed by atoms with Crippen LogP contribution in [0.4, 0.5) is 26.3 Å². The predicted octanol–water partition coefficient (Wildman–Crippen LogP) is 3.67. The minimum Gasteiger partial charge on any atom is -0.313 e. The molecule has 204 valence electrons. The molecule has 16 heteroatoms. The Morgan fingerprint density at radius 1 is 1.21 bits per heavy atom. The van der Waals surface area contributed by atoms with Crippen molar-refractivity contribution in [1.82, 2.24) is 34.4 Å². The van der Waals surface area contributed by atoms with Crippen LogP contribution >= 0.6 is 0 Å². The molecule has 0 amide bonds. The molecule has 2 atom stereocenters. The first-order valence-corrected chi connectivity index (χ1v) is 11.3. The summed E-state index contributed by atoms with van der Waals surface area (Å²) in [6.45, 7) is 3.92. The number of pyridine rings is 1. The molecule has 4 aromatic rings. The summed E-state index contributed by atoms with van der Waals surface area (Å²) < 4.78 is 80.9. The van der Waals surface area contributed by atoms with E-state index < -0.39 is 41.2 Å². The van der Waals surface area contributed by atoms with Crippen molar-refractivity contribution in [2.45, 2.75) is 38.2 Å². The van der Waals surface area contributed by atoms with Gasteiger partial charge in [-0.25, -0.2) is 14.5 Å². The van der Waals surface area contributed by atoms with Gasteiger partial charge in [-0.2, -0.15) is 36.5 Å². The van der Waals surface area contributed by atoms with Gasteiger partial charge in [-0.15, -0.1) is 0 Å². The number of aromatic nitrogens is 7. The van der Waals surface area contributed by atoms with Crippen molar-refractivity contribution in [1.29, 1.82) is 0 Å². The van der Waals surface area contributed by atoms with Crippen LogP contribution in [0.1, 0.15) is 42.0 Å². The van der Waals surface area contributed by atoms with Crippen molar-refractivity contribution in [3.05, 3.63) is 81.0 Å². The van der Waals surface area contributed by atoms with Crippen molar-refractivity contribution < 1.29 is 26.3 Å². The van der Waals surface area contributed by atoms with Crippen molar-refractivity contribution in [2.24, 2.45) is 11.0 Å². The van der Waals surface area contributed by atoms with Crippen LogP contribution in [0.5, 0.6) is 0 Å². The highest BCUT2D eigenvalue weighted by Crippen LogP contribution is 2.53. The average molecular weight is 552 g/mol. The summed E-state index contributed by atoms with van der Waals surface area (Å²) in [7, 11) is 0. The molecule has 0 spiro atoms. The smallest absolute Gasteiger partial charge is 0.313 e. The zero-order chi connectivity index (χ0) is 28.3. The normalized spacial score (nSPS) is 18.1. The van der Waals surface area contributed by atoms with E-state index in [2.05, 4.69) is 36.7 Å². The third-order valence-electron chi connectivity index (χ3n) is 6.25. The second-order valence-corrected chi connectivity index (χ2v) is 8.99. The highest BCUT2D eigenvalue weighted by Gasteiger charge is 2.44. The van der Waals surface area contributed by atoms with Gasteiger partial charge < -0.3 is 4.98 Å². The predicted molar refractivity (Wildman–Crippen MR) is 126 cm³/mol.